The topological polar surface area (TPSA) is 24.9 Å². The molecule has 1 fully saturated rings. The normalized spacial score (nSPS) is 19.5. The Hall–Kier alpha value is -0.710. The van der Waals surface area contributed by atoms with Crippen LogP contribution < -0.4 is 5.32 Å². The van der Waals surface area contributed by atoms with Gasteiger partial charge in [-0.2, -0.15) is 0 Å². The summed E-state index contributed by atoms with van der Waals surface area (Å²) in [4.78, 5) is 4.79. The molecule has 1 N–H and O–H groups in total. The van der Waals surface area contributed by atoms with Gasteiger partial charge in [0.2, 0.25) is 0 Å². The third-order valence-electron chi connectivity index (χ3n) is 3.53. The maximum atomic E-state index is 4.79. The molecule has 0 saturated carbocycles. The van der Waals surface area contributed by atoms with Gasteiger partial charge in [0.1, 0.15) is 0 Å². The summed E-state index contributed by atoms with van der Waals surface area (Å²) < 4.78 is 1.11. The molecule has 1 aromatic heterocycles. The number of nitrogens with zero attached hydrogens (tertiary/aromatic N) is 1. The van der Waals surface area contributed by atoms with E-state index in [1.54, 1.807) is 11.3 Å². The Morgan fingerprint density at radius 1 is 1.42 bits per heavy atom. The minimum atomic E-state index is 0.759. The molecular weight excluding hydrogens is 320 g/mol. The van der Waals surface area contributed by atoms with Crippen LogP contribution in [-0.4, -0.2) is 18.1 Å². The number of halogens is 1. The minimum Gasteiger partial charge on any atom is -0.316 e. The van der Waals surface area contributed by atoms with Crippen molar-refractivity contribution in [2.45, 2.75) is 19.3 Å². The van der Waals surface area contributed by atoms with Crippen LogP contribution in [0.3, 0.4) is 0 Å². The summed E-state index contributed by atoms with van der Waals surface area (Å²) in [6.07, 6.45) is 3.75. The van der Waals surface area contributed by atoms with E-state index in [9.17, 15) is 0 Å². The van der Waals surface area contributed by atoms with Crippen LogP contribution in [0.4, 0.5) is 0 Å². The van der Waals surface area contributed by atoms with Gasteiger partial charge in [0.15, 0.2) is 0 Å². The number of rotatable bonds is 3. The van der Waals surface area contributed by atoms with Crippen molar-refractivity contribution in [1.82, 2.24) is 10.3 Å². The first-order valence-corrected chi connectivity index (χ1v) is 8.39. The Bertz CT molecular complexity index is 547. The average Bonchev–Trinajstić information content (AvgIpc) is 2.88. The van der Waals surface area contributed by atoms with Crippen LogP contribution in [-0.2, 0) is 6.42 Å². The van der Waals surface area contributed by atoms with Crippen molar-refractivity contribution in [1.29, 1.82) is 0 Å². The summed E-state index contributed by atoms with van der Waals surface area (Å²) in [5, 5.41) is 6.91. The van der Waals surface area contributed by atoms with Gasteiger partial charge < -0.3 is 5.32 Å². The van der Waals surface area contributed by atoms with E-state index in [2.05, 4.69) is 44.8 Å². The van der Waals surface area contributed by atoms with Gasteiger partial charge in [0.05, 0.1) is 10.7 Å². The smallest absolute Gasteiger partial charge is 0.0935 e. The number of piperidine rings is 1. The van der Waals surface area contributed by atoms with Crippen molar-refractivity contribution in [3.8, 4) is 11.3 Å². The fraction of sp³-hybridized carbons (Fsp3) is 0.400. The highest BCUT2D eigenvalue weighted by molar-refractivity contribution is 9.10. The molecule has 1 atom stereocenters. The van der Waals surface area contributed by atoms with Gasteiger partial charge in [-0.05, 0) is 44.0 Å². The fourth-order valence-corrected chi connectivity index (χ4v) is 3.85. The second-order valence-corrected chi connectivity index (χ2v) is 6.91. The van der Waals surface area contributed by atoms with E-state index in [0.717, 1.165) is 29.1 Å². The molecule has 1 saturated heterocycles. The van der Waals surface area contributed by atoms with Crippen molar-refractivity contribution < 1.29 is 0 Å². The monoisotopic (exact) mass is 336 g/mol. The van der Waals surface area contributed by atoms with Gasteiger partial charge in [0.25, 0.3) is 0 Å². The molecule has 0 radical (unpaired) electrons. The third kappa shape index (κ3) is 3.44. The Kier molecular flexibility index (Phi) is 4.31. The average molecular weight is 337 g/mol. The van der Waals surface area contributed by atoms with E-state index in [4.69, 9.17) is 4.98 Å². The van der Waals surface area contributed by atoms with Crippen LogP contribution in [0.15, 0.2) is 34.1 Å². The van der Waals surface area contributed by atoms with Crippen molar-refractivity contribution in [2.75, 3.05) is 13.1 Å². The second-order valence-electron chi connectivity index (χ2n) is 5.05. The summed E-state index contributed by atoms with van der Waals surface area (Å²) >= 11 is 5.30. The SMILES string of the molecule is Brc1cccc(-c2csc(CC3CCCNC3)n2)c1. The molecule has 0 spiro atoms. The lowest BCUT2D eigenvalue weighted by molar-refractivity contribution is 0.376. The van der Waals surface area contributed by atoms with Gasteiger partial charge in [-0.15, -0.1) is 11.3 Å². The van der Waals surface area contributed by atoms with Crippen molar-refractivity contribution in [3.63, 3.8) is 0 Å². The largest absolute Gasteiger partial charge is 0.316 e. The van der Waals surface area contributed by atoms with Gasteiger partial charge in [-0.1, -0.05) is 28.1 Å². The van der Waals surface area contributed by atoms with E-state index in [1.807, 2.05) is 6.07 Å². The zero-order valence-electron chi connectivity index (χ0n) is 10.7. The third-order valence-corrected chi connectivity index (χ3v) is 4.90. The van der Waals surface area contributed by atoms with Crippen LogP contribution >= 0.6 is 27.3 Å². The zero-order valence-corrected chi connectivity index (χ0v) is 13.1. The Labute approximate surface area is 126 Å². The molecule has 2 nitrogen and oxygen atoms in total. The lowest BCUT2D eigenvalue weighted by Crippen LogP contribution is -2.30. The lowest BCUT2D eigenvalue weighted by atomic mass is 9.97. The van der Waals surface area contributed by atoms with Crippen molar-refractivity contribution in [3.05, 3.63) is 39.1 Å². The van der Waals surface area contributed by atoms with Gasteiger partial charge in [-0.3, -0.25) is 0 Å². The molecular formula is C15H17BrN2S. The molecule has 3 rings (SSSR count). The first kappa shape index (κ1) is 13.3. The summed E-state index contributed by atoms with van der Waals surface area (Å²) in [6.45, 7) is 2.32. The fourth-order valence-electron chi connectivity index (χ4n) is 2.53. The van der Waals surface area contributed by atoms with Crippen LogP contribution in [0, 0.1) is 5.92 Å². The first-order valence-electron chi connectivity index (χ1n) is 6.72. The van der Waals surface area contributed by atoms with Crippen LogP contribution in [0.2, 0.25) is 0 Å². The highest BCUT2D eigenvalue weighted by Gasteiger charge is 2.15. The Balaban J connectivity index is 1.72. The van der Waals surface area contributed by atoms with E-state index in [1.165, 1.54) is 30.0 Å². The molecule has 100 valence electrons. The molecule has 2 heterocycles. The molecule has 4 heteroatoms. The predicted molar refractivity (Wildman–Crippen MR) is 84.5 cm³/mol. The van der Waals surface area contributed by atoms with Crippen molar-refractivity contribution in [2.24, 2.45) is 5.92 Å². The summed E-state index contributed by atoms with van der Waals surface area (Å²) in [5.41, 5.74) is 2.30. The summed E-state index contributed by atoms with van der Waals surface area (Å²) in [5.74, 6) is 0.759. The number of hydrogen-bond donors (Lipinski definition) is 1. The molecule has 1 unspecified atom stereocenters. The molecule has 2 aromatic rings. The highest BCUT2D eigenvalue weighted by atomic mass is 79.9. The number of benzene rings is 1. The number of nitrogens with one attached hydrogen (secondary N) is 1. The number of hydrogen-bond acceptors (Lipinski definition) is 3. The summed E-state index contributed by atoms with van der Waals surface area (Å²) in [7, 11) is 0. The van der Waals surface area contributed by atoms with Gasteiger partial charge in [-0.25, -0.2) is 4.98 Å². The van der Waals surface area contributed by atoms with E-state index in [0.29, 0.717) is 0 Å². The zero-order chi connectivity index (χ0) is 13.1. The maximum Gasteiger partial charge on any atom is 0.0935 e. The van der Waals surface area contributed by atoms with E-state index >= 15 is 0 Å². The van der Waals surface area contributed by atoms with Crippen LogP contribution in [0.25, 0.3) is 11.3 Å². The molecule has 1 aliphatic rings. The van der Waals surface area contributed by atoms with E-state index in [-0.39, 0.29) is 0 Å². The lowest BCUT2D eigenvalue weighted by Gasteiger charge is -2.21. The number of thiazole rings is 1. The minimum absolute atomic E-state index is 0.759. The molecule has 0 aliphatic carbocycles. The van der Waals surface area contributed by atoms with Crippen molar-refractivity contribution >= 4 is 27.3 Å². The Morgan fingerprint density at radius 3 is 3.16 bits per heavy atom. The van der Waals surface area contributed by atoms with Gasteiger partial charge >= 0.3 is 0 Å². The van der Waals surface area contributed by atoms with Gasteiger partial charge in [0, 0.05) is 21.8 Å². The first-order chi connectivity index (χ1) is 9.31. The van der Waals surface area contributed by atoms with Crippen LogP contribution in [0.1, 0.15) is 17.8 Å². The molecule has 1 aromatic carbocycles. The predicted octanol–water partition coefficient (Wildman–Crippen LogP) is 4.11. The second kappa shape index (κ2) is 6.16. The van der Waals surface area contributed by atoms with Crippen LogP contribution in [0.5, 0.6) is 0 Å². The van der Waals surface area contributed by atoms with E-state index < -0.39 is 0 Å². The maximum absolute atomic E-state index is 4.79. The number of aromatic nitrogens is 1. The summed E-state index contributed by atoms with van der Waals surface area (Å²) in [6, 6.07) is 8.35. The standard InChI is InChI=1S/C15H17BrN2S/c16-13-5-1-4-12(8-13)14-10-19-15(18-14)7-11-3-2-6-17-9-11/h1,4-5,8,10-11,17H,2-3,6-7,9H2. The molecule has 1 aliphatic heterocycles. The molecule has 19 heavy (non-hydrogen) atoms. The quantitative estimate of drug-likeness (QED) is 0.912. The molecule has 0 amide bonds. The Morgan fingerprint density at radius 2 is 2.37 bits per heavy atom. The highest BCUT2D eigenvalue weighted by Crippen LogP contribution is 2.26. The molecule has 0 bridgehead atoms.